The summed E-state index contributed by atoms with van der Waals surface area (Å²) >= 11 is 0. The Morgan fingerprint density at radius 3 is 2.65 bits per heavy atom. The Hall–Kier alpha value is -1.72. The summed E-state index contributed by atoms with van der Waals surface area (Å²) in [6, 6.07) is 0.282. The fraction of sp³-hybridized carbons (Fsp3) is 0.714. The zero-order valence-electron chi connectivity index (χ0n) is 12.1. The SMILES string of the molecule is CCCCn1c(N)c(NC2CCCCC2)c(=O)[nH]c1=O. The number of anilines is 2. The van der Waals surface area contributed by atoms with E-state index in [1.165, 1.54) is 23.8 Å². The molecule has 0 spiro atoms. The Morgan fingerprint density at radius 2 is 2.00 bits per heavy atom. The van der Waals surface area contributed by atoms with Crippen molar-refractivity contribution in [2.24, 2.45) is 0 Å². The minimum absolute atomic E-state index is 0.262. The van der Waals surface area contributed by atoms with Crippen LogP contribution in [0.1, 0.15) is 51.9 Å². The maximum absolute atomic E-state index is 11.9. The molecule has 1 saturated carbocycles. The normalized spacial score (nSPS) is 16.2. The van der Waals surface area contributed by atoms with Crippen molar-refractivity contribution in [3.8, 4) is 0 Å². The van der Waals surface area contributed by atoms with Gasteiger partial charge in [-0.2, -0.15) is 0 Å². The molecule has 1 aromatic heterocycles. The Balaban J connectivity index is 2.26. The molecule has 112 valence electrons. The number of unbranched alkanes of at least 4 members (excludes halogenated alkanes) is 1. The first-order valence-electron chi connectivity index (χ1n) is 7.52. The second-order valence-electron chi connectivity index (χ2n) is 5.50. The molecule has 0 saturated heterocycles. The van der Waals surface area contributed by atoms with Gasteiger partial charge in [0.2, 0.25) is 0 Å². The van der Waals surface area contributed by atoms with Gasteiger partial charge in [0.15, 0.2) is 0 Å². The molecule has 20 heavy (non-hydrogen) atoms. The minimum atomic E-state index is -0.421. The summed E-state index contributed by atoms with van der Waals surface area (Å²) in [4.78, 5) is 26.1. The molecule has 6 nitrogen and oxygen atoms in total. The Bertz CT molecular complexity index is 555. The molecule has 0 radical (unpaired) electrons. The van der Waals surface area contributed by atoms with E-state index >= 15 is 0 Å². The summed E-state index contributed by atoms with van der Waals surface area (Å²) in [6.07, 6.45) is 7.52. The summed E-state index contributed by atoms with van der Waals surface area (Å²) in [6.45, 7) is 2.59. The van der Waals surface area contributed by atoms with Gasteiger partial charge in [-0.25, -0.2) is 4.79 Å². The average molecular weight is 280 g/mol. The predicted octanol–water partition coefficient (Wildman–Crippen LogP) is 1.66. The first kappa shape index (κ1) is 14.7. The van der Waals surface area contributed by atoms with Gasteiger partial charge < -0.3 is 11.1 Å². The molecule has 0 unspecified atom stereocenters. The van der Waals surface area contributed by atoms with Crippen molar-refractivity contribution in [1.29, 1.82) is 0 Å². The quantitative estimate of drug-likeness (QED) is 0.764. The summed E-state index contributed by atoms with van der Waals surface area (Å²) in [7, 11) is 0. The van der Waals surface area contributed by atoms with Crippen LogP contribution in [0.15, 0.2) is 9.59 Å². The summed E-state index contributed by atoms with van der Waals surface area (Å²) in [5, 5.41) is 3.23. The van der Waals surface area contributed by atoms with Crippen molar-refractivity contribution in [3.63, 3.8) is 0 Å². The fourth-order valence-electron chi connectivity index (χ4n) is 2.72. The molecule has 1 heterocycles. The molecule has 1 aliphatic rings. The smallest absolute Gasteiger partial charge is 0.330 e. The zero-order valence-corrected chi connectivity index (χ0v) is 12.1. The largest absolute Gasteiger partial charge is 0.383 e. The van der Waals surface area contributed by atoms with Gasteiger partial charge in [0.1, 0.15) is 11.5 Å². The van der Waals surface area contributed by atoms with E-state index in [9.17, 15) is 9.59 Å². The number of rotatable bonds is 5. The van der Waals surface area contributed by atoms with Crippen LogP contribution in [-0.4, -0.2) is 15.6 Å². The molecule has 2 rings (SSSR count). The Morgan fingerprint density at radius 1 is 1.30 bits per heavy atom. The standard InChI is InChI=1S/C14H24N4O2/c1-2-3-9-18-12(15)11(13(19)17-14(18)20)16-10-7-5-4-6-8-10/h10,16H,2-9,15H2,1H3,(H,17,19,20). The number of nitrogen functional groups attached to an aromatic ring is 1. The molecule has 0 atom stereocenters. The van der Waals surface area contributed by atoms with E-state index in [1.54, 1.807) is 0 Å². The van der Waals surface area contributed by atoms with E-state index in [2.05, 4.69) is 10.3 Å². The van der Waals surface area contributed by atoms with Crippen LogP contribution in [0.4, 0.5) is 11.5 Å². The monoisotopic (exact) mass is 280 g/mol. The van der Waals surface area contributed by atoms with E-state index < -0.39 is 11.2 Å². The first-order valence-corrected chi connectivity index (χ1v) is 7.52. The van der Waals surface area contributed by atoms with Gasteiger partial charge in [0, 0.05) is 12.6 Å². The minimum Gasteiger partial charge on any atom is -0.383 e. The third-order valence-electron chi connectivity index (χ3n) is 3.93. The van der Waals surface area contributed by atoms with E-state index in [1.807, 2.05) is 6.92 Å². The van der Waals surface area contributed by atoms with Crippen molar-refractivity contribution in [1.82, 2.24) is 9.55 Å². The van der Waals surface area contributed by atoms with E-state index in [0.717, 1.165) is 25.7 Å². The number of H-pyrrole nitrogens is 1. The van der Waals surface area contributed by atoms with Crippen LogP contribution >= 0.6 is 0 Å². The second-order valence-corrected chi connectivity index (χ2v) is 5.50. The van der Waals surface area contributed by atoms with Gasteiger partial charge >= 0.3 is 5.69 Å². The molecule has 1 aliphatic carbocycles. The molecule has 0 amide bonds. The van der Waals surface area contributed by atoms with Crippen LogP contribution in [0.2, 0.25) is 0 Å². The van der Waals surface area contributed by atoms with Crippen molar-refractivity contribution in [2.45, 2.75) is 64.5 Å². The number of nitrogens with zero attached hydrogens (tertiary/aromatic N) is 1. The number of aromatic amines is 1. The highest BCUT2D eigenvalue weighted by Gasteiger charge is 2.18. The second kappa shape index (κ2) is 6.63. The highest BCUT2D eigenvalue weighted by Crippen LogP contribution is 2.22. The maximum atomic E-state index is 11.9. The molecule has 0 aromatic carbocycles. The fourth-order valence-corrected chi connectivity index (χ4v) is 2.72. The summed E-state index contributed by atoms with van der Waals surface area (Å²) < 4.78 is 1.45. The van der Waals surface area contributed by atoms with Gasteiger partial charge in [0.05, 0.1) is 0 Å². The Kier molecular flexibility index (Phi) is 4.87. The van der Waals surface area contributed by atoms with Crippen molar-refractivity contribution in [2.75, 3.05) is 11.1 Å². The molecule has 4 N–H and O–H groups in total. The van der Waals surface area contributed by atoms with Crippen LogP contribution < -0.4 is 22.3 Å². The van der Waals surface area contributed by atoms with Crippen LogP contribution in [0.5, 0.6) is 0 Å². The molecule has 0 bridgehead atoms. The lowest BCUT2D eigenvalue weighted by Gasteiger charge is -2.24. The van der Waals surface area contributed by atoms with E-state index in [-0.39, 0.29) is 11.9 Å². The maximum Gasteiger partial charge on any atom is 0.330 e. The third-order valence-corrected chi connectivity index (χ3v) is 3.93. The number of hydrogen-bond donors (Lipinski definition) is 3. The first-order chi connectivity index (χ1) is 9.63. The van der Waals surface area contributed by atoms with Gasteiger partial charge in [-0.15, -0.1) is 0 Å². The highest BCUT2D eigenvalue weighted by molar-refractivity contribution is 5.60. The average Bonchev–Trinajstić information content (AvgIpc) is 2.44. The highest BCUT2D eigenvalue weighted by atomic mass is 16.2. The lowest BCUT2D eigenvalue weighted by Crippen LogP contribution is -2.36. The number of aromatic nitrogens is 2. The van der Waals surface area contributed by atoms with Crippen molar-refractivity contribution >= 4 is 11.5 Å². The predicted molar refractivity (Wildman–Crippen MR) is 81.1 cm³/mol. The Labute approximate surface area is 118 Å². The van der Waals surface area contributed by atoms with Crippen LogP contribution in [0.3, 0.4) is 0 Å². The third kappa shape index (κ3) is 3.23. The molecule has 0 aliphatic heterocycles. The topological polar surface area (TPSA) is 92.9 Å². The molecule has 6 heteroatoms. The molecule has 1 aromatic rings. The van der Waals surface area contributed by atoms with Gasteiger partial charge in [-0.05, 0) is 19.3 Å². The summed E-state index contributed by atoms with van der Waals surface area (Å²) in [5.74, 6) is 0.262. The van der Waals surface area contributed by atoms with Crippen molar-refractivity contribution < 1.29 is 0 Å². The summed E-state index contributed by atoms with van der Waals surface area (Å²) in [5.41, 5.74) is 5.55. The van der Waals surface area contributed by atoms with Crippen LogP contribution in [0.25, 0.3) is 0 Å². The molecular weight excluding hydrogens is 256 g/mol. The van der Waals surface area contributed by atoms with Gasteiger partial charge in [-0.1, -0.05) is 32.6 Å². The van der Waals surface area contributed by atoms with Crippen LogP contribution in [0, 0.1) is 0 Å². The van der Waals surface area contributed by atoms with E-state index in [0.29, 0.717) is 12.2 Å². The number of nitrogens with one attached hydrogen (secondary N) is 2. The number of nitrogens with two attached hydrogens (primary N) is 1. The lowest BCUT2D eigenvalue weighted by atomic mass is 9.95. The lowest BCUT2D eigenvalue weighted by molar-refractivity contribution is 0.462. The zero-order chi connectivity index (χ0) is 14.5. The van der Waals surface area contributed by atoms with E-state index in [4.69, 9.17) is 5.73 Å². The number of hydrogen-bond acceptors (Lipinski definition) is 4. The molecule has 1 fully saturated rings. The van der Waals surface area contributed by atoms with Gasteiger partial charge in [0.25, 0.3) is 5.56 Å². The van der Waals surface area contributed by atoms with Crippen molar-refractivity contribution in [3.05, 3.63) is 20.8 Å². The molecular formula is C14H24N4O2. The van der Waals surface area contributed by atoms with Gasteiger partial charge in [-0.3, -0.25) is 14.3 Å². The van der Waals surface area contributed by atoms with Crippen LogP contribution in [-0.2, 0) is 6.54 Å².